The van der Waals surface area contributed by atoms with Crippen molar-refractivity contribution in [3.63, 3.8) is 0 Å². The highest BCUT2D eigenvalue weighted by molar-refractivity contribution is 7.89. The first-order valence-electron chi connectivity index (χ1n) is 2.62. The maximum absolute atomic E-state index is 10.5. The van der Waals surface area contributed by atoms with Crippen molar-refractivity contribution in [2.45, 2.75) is 18.5 Å². The zero-order valence-electron chi connectivity index (χ0n) is 5.81. The predicted octanol–water partition coefficient (Wildman–Crippen LogP) is -1.37. The summed E-state index contributed by atoms with van der Waals surface area (Å²) in [5, 5.41) is 12.4. The van der Waals surface area contributed by atoms with Gasteiger partial charge in [0.25, 0.3) is 0 Å². The average molecular weight is 169 g/mol. The molecule has 3 N–H and O–H groups in total. The summed E-state index contributed by atoms with van der Waals surface area (Å²) < 4.78 is 25.3. The molecule has 0 aromatic carbocycles. The summed E-state index contributed by atoms with van der Waals surface area (Å²) >= 11 is 0. The summed E-state index contributed by atoms with van der Waals surface area (Å²) in [4.78, 5) is 0. The molecule has 0 saturated heterocycles. The third-order valence-electron chi connectivity index (χ3n) is 1.16. The zero-order valence-corrected chi connectivity index (χ0v) is 6.63. The Kier molecular flexibility index (Phi) is 3.23. The minimum Gasteiger partial charge on any atom is -0.367 e. The van der Waals surface area contributed by atoms with Gasteiger partial charge in [0.15, 0.2) is 6.29 Å². The lowest BCUT2D eigenvalue weighted by Crippen LogP contribution is -2.37. The summed E-state index contributed by atoms with van der Waals surface area (Å²) in [6.45, 7) is 1.27. The first-order chi connectivity index (χ1) is 4.39. The van der Waals surface area contributed by atoms with Gasteiger partial charge >= 0.3 is 0 Å². The Morgan fingerprint density at radius 1 is 1.60 bits per heavy atom. The van der Waals surface area contributed by atoms with Crippen LogP contribution in [-0.4, -0.2) is 32.2 Å². The SMILES string of the molecule is CO[C@H](O)[C@H](C)S(N)(=O)=O. The third-order valence-corrected chi connectivity index (χ3v) is 2.43. The minimum absolute atomic E-state index is 1.09. The van der Waals surface area contributed by atoms with Crippen molar-refractivity contribution in [1.29, 1.82) is 0 Å². The van der Waals surface area contributed by atoms with Gasteiger partial charge in [0, 0.05) is 7.11 Å². The molecule has 0 rings (SSSR count). The van der Waals surface area contributed by atoms with Crippen molar-refractivity contribution in [1.82, 2.24) is 0 Å². The van der Waals surface area contributed by atoms with E-state index in [2.05, 4.69) is 9.88 Å². The Morgan fingerprint density at radius 3 is 2.10 bits per heavy atom. The zero-order chi connectivity index (χ0) is 8.36. The predicted molar refractivity (Wildman–Crippen MR) is 35.6 cm³/mol. The van der Waals surface area contributed by atoms with Crippen LogP contribution >= 0.6 is 0 Å². The molecule has 0 aliphatic heterocycles. The van der Waals surface area contributed by atoms with Crippen LogP contribution in [0.1, 0.15) is 6.92 Å². The molecule has 0 spiro atoms. The Morgan fingerprint density at radius 2 is 2.00 bits per heavy atom. The van der Waals surface area contributed by atoms with Crippen LogP contribution in [0.5, 0.6) is 0 Å². The molecule has 0 bridgehead atoms. The van der Waals surface area contributed by atoms with Gasteiger partial charge in [-0.3, -0.25) is 0 Å². The first-order valence-corrected chi connectivity index (χ1v) is 4.23. The summed E-state index contributed by atoms with van der Waals surface area (Å²) in [5.74, 6) is 0. The standard InChI is InChI=1S/C4H11NO4S/c1-3(4(6)9-2)10(5,7)8/h3-4,6H,1-2H3,(H2,5,7,8)/t3-,4-/m0/s1. The lowest BCUT2D eigenvalue weighted by Gasteiger charge is -2.13. The van der Waals surface area contributed by atoms with Gasteiger partial charge in [0.05, 0.1) is 0 Å². The molecule has 0 aliphatic carbocycles. The number of hydrogen-bond acceptors (Lipinski definition) is 4. The van der Waals surface area contributed by atoms with Crippen LogP contribution < -0.4 is 5.14 Å². The highest BCUT2D eigenvalue weighted by atomic mass is 32.2. The molecule has 10 heavy (non-hydrogen) atoms. The number of hydrogen-bond donors (Lipinski definition) is 2. The van der Waals surface area contributed by atoms with Gasteiger partial charge in [0.1, 0.15) is 5.25 Å². The molecule has 0 unspecified atom stereocenters. The van der Waals surface area contributed by atoms with Gasteiger partial charge in [-0.15, -0.1) is 0 Å². The number of rotatable bonds is 3. The number of primary sulfonamides is 1. The molecule has 5 nitrogen and oxygen atoms in total. The fraction of sp³-hybridized carbons (Fsp3) is 1.00. The van der Waals surface area contributed by atoms with Crippen LogP contribution in [-0.2, 0) is 14.8 Å². The van der Waals surface area contributed by atoms with Gasteiger partial charge in [-0.1, -0.05) is 0 Å². The second-order valence-electron chi connectivity index (χ2n) is 1.92. The fourth-order valence-corrected chi connectivity index (χ4v) is 0.790. The number of aliphatic hydroxyl groups is 1. The smallest absolute Gasteiger partial charge is 0.216 e. The first kappa shape index (κ1) is 9.83. The molecule has 6 heteroatoms. The lowest BCUT2D eigenvalue weighted by molar-refractivity contribution is -0.0720. The maximum atomic E-state index is 10.5. The van der Waals surface area contributed by atoms with Crippen LogP contribution in [0.3, 0.4) is 0 Å². The van der Waals surface area contributed by atoms with Crippen LogP contribution in [0.2, 0.25) is 0 Å². The van der Waals surface area contributed by atoms with Crippen molar-refractivity contribution in [2.24, 2.45) is 5.14 Å². The number of sulfonamides is 1. The molecule has 0 heterocycles. The molecule has 0 fully saturated rings. The molecule has 2 atom stereocenters. The van der Waals surface area contributed by atoms with Gasteiger partial charge in [-0.25, -0.2) is 13.6 Å². The Bertz CT molecular complexity index is 187. The minimum atomic E-state index is -3.69. The van der Waals surface area contributed by atoms with E-state index in [1.807, 2.05) is 0 Å². The number of nitrogens with two attached hydrogens (primary N) is 1. The molecule has 0 aromatic heterocycles. The average Bonchev–Trinajstić information content (AvgIpc) is 1.83. The second kappa shape index (κ2) is 3.29. The van der Waals surface area contributed by atoms with E-state index in [9.17, 15) is 8.42 Å². The monoisotopic (exact) mass is 169 g/mol. The van der Waals surface area contributed by atoms with E-state index in [1.54, 1.807) is 0 Å². The van der Waals surface area contributed by atoms with Crippen LogP contribution in [0, 0.1) is 0 Å². The van der Waals surface area contributed by atoms with Gasteiger partial charge in [-0.05, 0) is 6.92 Å². The summed E-state index contributed by atoms with van der Waals surface area (Å²) in [7, 11) is -2.49. The highest BCUT2D eigenvalue weighted by Gasteiger charge is 2.23. The molecule has 62 valence electrons. The van der Waals surface area contributed by atoms with Crippen molar-refractivity contribution < 1.29 is 18.3 Å². The van der Waals surface area contributed by atoms with E-state index in [0.717, 1.165) is 0 Å². The van der Waals surface area contributed by atoms with Crippen LogP contribution in [0.4, 0.5) is 0 Å². The van der Waals surface area contributed by atoms with Gasteiger partial charge in [-0.2, -0.15) is 0 Å². The summed E-state index contributed by atoms with van der Waals surface area (Å²) in [6, 6.07) is 0. The topological polar surface area (TPSA) is 89.6 Å². The van der Waals surface area contributed by atoms with E-state index < -0.39 is 21.6 Å². The summed E-state index contributed by atoms with van der Waals surface area (Å²) in [5.41, 5.74) is 0. The van der Waals surface area contributed by atoms with Crippen molar-refractivity contribution >= 4 is 10.0 Å². The van der Waals surface area contributed by atoms with E-state index in [4.69, 9.17) is 5.11 Å². The Hall–Kier alpha value is -0.170. The van der Waals surface area contributed by atoms with Crippen molar-refractivity contribution in [3.8, 4) is 0 Å². The third kappa shape index (κ3) is 2.61. The number of aliphatic hydroxyl groups excluding tert-OH is 1. The van der Waals surface area contributed by atoms with E-state index in [-0.39, 0.29) is 0 Å². The molecule has 0 amide bonds. The van der Waals surface area contributed by atoms with Crippen LogP contribution in [0.25, 0.3) is 0 Å². The Balaban J connectivity index is 4.23. The molecular weight excluding hydrogens is 158 g/mol. The lowest BCUT2D eigenvalue weighted by atomic mass is 10.5. The highest BCUT2D eigenvalue weighted by Crippen LogP contribution is 2.01. The Labute approximate surface area is 59.8 Å². The van der Waals surface area contributed by atoms with E-state index >= 15 is 0 Å². The fourth-order valence-electron chi connectivity index (χ4n) is 0.354. The normalized spacial score (nSPS) is 18.4. The van der Waals surface area contributed by atoms with Crippen molar-refractivity contribution in [2.75, 3.05) is 7.11 Å². The van der Waals surface area contributed by atoms with Gasteiger partial charge < -0.3 is 9.84 Å². The maximum Gasteiger partial charge on any atom is 0.216 e. The second-order valence-corrected chi connectivity index (χ2v) is 3.84. The molecule has 0 saturated carbocycles. The molecule has 0 aromatic rings. The van der Waals surface area contributed by atoms with Gasteiger partial charge in [0.2, 0.25) is 10.0 Å². The number of methoxy groups -OCH3 is 1. The largest absolute Gasteiger partial charge is 0.367 e. The van der Waals surface area contributed by atoms with E-state index in [0.29, 0.717) is 0 Å². The molecular formula is C4H11NO4S. The van der Waals surface area contributed by atoms with E-state index in [1.165, 1.54) is 14.0 Å². The molecule has 0 radical (unpaired) electrons. The van der Waals surface area contributed by atoms with Crippen LogP contribution in [0.15, 0.2) is 0 Å². The van der Waals surface area contributed by atoms with Crippen molar-refractivity contribution in [3.05, 3.63) is 0 Å². The summed E-state index contributed by atoms with van der Waals surface area (Å²) in [6.07, 6.45) is -1.35. The quantitative estimate of drug-likeness (QED) is 0.510. The molecule has 0 aliphatic rings. The number of ether oxygens (including phenoxy) is 1.